The lowest BCUT2D eigenvalue weighted by atomic mass is 9.50. The third-order valence-electron chi connectivity index (χ3n) is 5.64. The van der Waals surface area contributed by atoms with Crippen molar-refractivity contribution in [1.29, 1.82) is 0 Å². The van der Waals surface area contributed by atoms with E-state index >= 15 is 0 Å². The van der Waals surface area contributed by atoms with Crippen molar-refractivity contribution in [3.63, 3.8) is 0 Å². The number of ether oxygens (including phenoxy) is 1. The molecule has 104 valence electrons. The van der Waals surface area contributed by atoms with Crippen LogP contribution < -0.4 is 0 Å². The van der Waals surface area contributed by atoms with Gasteiger partial charge in [-0.15, -0.1) is 0 Å². The van der Waals surface area contributed by atoms with Gasteiger partial charge in [0.2, 0.25) is 0 Å². The molecule has 0 aromatic heterocycles. The third-order valence-corrected chi connectivity index (χ3v) is 5.64. The van der Waals surface area contributed by atoms with Crippen LogP contribution in [0, 0.1) is 23.2 Å². The van der Waals surface area contributed by atoms with Crippen molar-refractivity contribution in [1.82, 2.24) is 0 Å². The largest absolute Gasteiger partial charge is 0.469 e. The number of esters is 1. The molecule has 0 aliphatic heterocycles. The number of fused-ring (bicyclic) bond motifs is 3. The van der Waals surface area contributed by atoms with Crippen molar-refractivity contribution in [2.24, 2.45) is 23.2 Å². The molecule has 0 amide bonds. The van der Waals surface area contributed by atoms with E-state index in [1.807, 2.05) is 0 Å². The summed E-state index contributed by atoms with van der Waals surface area (Å²) in [6, 6.07) is 0. The first kappa shape index (κ1) is 12.9. The number of hydrogen-bond donors (Lipinski definition) is 0. The highest BCUT2D eigenvalue weighted by Gasteiger charge is 2.58. The summed E-state index contributed by atoms with van der Waals surface area (Å²) in [4.78, 5) is 24.3. The van der Waals surface area contributed by atoms with Crippen molar-refractivity contribution in [3.05, 3.63) is 12.2 Å². The number of ketones is 1. The Kier molecular flexibility index (Phi) is 3.23. The van der Waals surface area contributed by atoms with Crippen LogP contribution in [0.3, 0.4) is 0 Å². The van der Waals surface area contributed by atoms with E-state index in [0.29, 0.717) is 36.9 Å². The smallest absolute Gasteiger partial charge is 0.312 e. The fraction of sp³-hybridized carbons (Fsp3) is 0.750. The van der Waals surface area contributed by atoms with Crippen molar-refractivity contribution >= 4 is 11.8 Å². The van der Waals surface area contributed by atoms with Gasteiger partial charge in [-0.3, -0.25) is 9.59 Å². The van der Waals surface area contributed by atoms with Crippen LogP contribution in [0.4, 0.5) is 0 Å². The van der Waals surface area contributed by atoms with E-state index in [9.17, 15) is 9.59 Å². The van der Waals surface area contributed by atoms with Gasteiger partial charge in [-0.2, -0.15) is 0 Å². The SMILES string of the molecule is COC(=O)[C@]12CCC(=O)C[C@H]1CC[C@H]1C=CCC[C@@H]12. The van der Waals surface area contributed by atoms with E-state index in [4.69, 9.17) is 4.74 Å². The zero-order valence-corrected chi connectivity index (χ0v) is 11.6. The van der Waals surface area contributed by atoms with Crippen LogP contribution in [-0.2, 0) is 14.3 Å². The second-order valence-electron chi connectivity index (χ2n) is 6.32. The molecular weight excluding hydrogens is 240 g/mol. The number of methoxy groups -OCH3 is 1. The molecule has 0 bridgehead atoms. The Labute approximate surface area is 114 Å². The average molecular weight is 262 g/mol. The first-order valence-corrected chi connectivity index (χ1v) is 7.45. The van der Waals surface area contributed by atoms with Gasteiger partial charge in [0.05, 0.1) is 12.5 Å². The summed E-state index contributed by atoms with van der Waals surface area (Å²) in [6.45, 7) is 0. The Morgan fingerprint density at radius 2 is 2.21 bits per heavy atom. The number of carbonyl (C=O) groups is 2. The van der Waals surface area contributed by atoms with E-state index in [2.05, 4.69) is 12.2 Å². The van der Waals surface area contributed by atoms with E-state index < -0.39 is 0 Å². The van der Waals surface area contributed by atoms with Gasteiger partial charge >= 0.3 is 5.97 Å². The first-order valence-electron chi connectivity index (χ1n) is 7.45. The summed E-state index contributed by atoms with van der Waals surface area (Å²) in [5, 5.41) is 0. The first-order chi connectivity index (χ1) is 9.18. The summed E-state index contributed by atoms with van der Waals surface area (Å²) >= 11 is 0. The second-order valence-corrected chi connectivity index (χ2v) is 6.32. The number of hydrogen-bond acceptors (Lipinski definition) is 3. The quantitative estimate of drug-likeness (QED) is 0.539. The summed E-state index contributed by atoms with van der Waals surface area (Å²) in [6.07, 6.45) is 10.6. The zero-order chi connectivity index (χ0) is 13.5. The lowest BCUT2D eigenvalue weighted by molar-refractivity contribution is -0.172. The highest BCUT2D eigenvalue weighted by Crippen LogP contribution is 2.58. The normalized spacial score (nSPS) is 41.3. The molecule has 0 radical (unpaired) electrons. The highest BCUT2D eigenvalue weighted by molar-refractivity contribution is 5.85. The number of allylic oxidation sites excluding steroid dienone is 2. The lowest BCUT2D eigenvalue weighted by Crippen LogP contribution is -2.54. The van der Waals surface area contributed by atoms with Gasteiger partial charge in [-0.05, 0) is 49.9 Å². The molecule has 2 fully saturated rings. The van der Waals surface area contributed by atoms with E-state index in [1.54, 1.807) is 0 Å². The molecule has 0 saturated heterocycles. The van der Waals surface area contributed by atoms with Crippen LogP contribution in [0.15, 0.2) is 12.2 Å². The zero-order valence-electron chi connectivity index (χ0n) is 11.6. The average Bonchev–Trinajstić information content (AvgIpc) is 2.46. The Morgan fingerprint density at radius 1 is 1.37 bits per heavy atom. The molecule has 0 aromatic rings. The molecule has 3 aliphatic rings. The van der Waals surface area contributed by atoms with Crippen molar-refractivity contribution in [3.8, 4) is 0 Å². The Hall–Kier alpha value is -1.12. The molecule has 0 unspecified atom stereocenters. The van der Waals surface area contributed by atoms with Crippen LogP contribution in [0.1, 0.15) is 44.9 Å². The van der Waals surface area contributed by atoms with Crippen LogP contribution in [-0.4, -0.2) is 18.9 Å². The van der Waals surface area contributed by atoms with Crippen LogP contribution in [0.5, 0.6) is 0 Å². The second kappa shape index (κ2) is 4.77. The predicted molar refractivity (Wildman–Crippen MR) is 71.4 cm³/mol. The molecule has 3 heteroatoms. The maximum atomic E-state index is 12.5. The number of Topliss-reactive ketones (excluding diaryl/α,β-unsaturated/α-hetero) is 1. The summed E-state index contributed by atoms with van der Waals surface area (Å²) in [5.74, 6) is 1.38. The molecule has 3 aliphatic carbocycles. The van der Waals surface area contributed by atoms with Crippen LogP contribution in [0.2, 0.25) is 0 Å². The van der Waals surface area contributed by atoms with Gasteiger partial charge in [0.25, 0.3) is 0 Å². The van der Waals surface area contributed by atoms with Gasteiger partial charge in [-0.1, -0.05) is 12.2 Å². The van der Waals surface area contributed by atoms with E-state index in [0.717, 1.165) is 25.7 Å². The minimum absolute atomic E-state index is 0.0602. The lowest BCUT2D eigenvalue weighted by Gasteiger charge is -2.53. The molecule has 4 atom stereocenters. The fourth-order valence-electron chi connectivity index (χ4n) is 4.79. The molecule has 0 spiro atoms. The van der Waals surface area contributed by atoms with Crippen molar-refractivity contribution < 1.29 is 14.3 Å². The standard InChI is InChI=1S/C16H22O3/c1-19-15(18)16-9-8-13(17)10-12(16)7-6-11-4-2-3-5-14(11)16/h2,4,11-12,14H,3,5-10H2,1H3/t11-,12-,14+,16-/m1/s1. The molecule has 19 heavy (non-hydrogen) atoms. The number of rotatable bonds is 1. The minimum Gasteiger partial charge on any atom is -0.469 e. The maximum Gasteiger partial charge on any atom is 0.312 e. The topological polar surface area (TPSA) is 43.4 Å². The molecule has 0 N–H and O–H groups in total. The van der Waals surface area contributed by atoms with Crippen molar-refractivity contribution in [2.45, 2.75) is 44.9 Å². The van der Waals surface area contributed by atoms with Gasteiger partial charge < -0.3 is 4.74 Å². The highest BCUT2D eigenvalue weighted by atomic mass is 16.5. The van der Waals surface area contributed by atoms with Gasteiger partial charge in [0.1, 0.15) is 5.78 Å². The fourth-order valence-corrected chi connectivity index (χ4v) is 4.79. The summed E-state index contributed by atoms with van der Waals surface area (Å²) in [5.41, 5.74) is -0.379. The predicted octanol–water partition coefficient (Wildman–Crippen LogP) is 2.89. The summed E-state index contributed by atoms with van der Waals surface area (Å²) < 4.78 is 5.16. The molecule has 0 aromatic carbocycles. The van der Waals surface area contributed by atoms with E-state index in [1.165, 1.54) is 7.11 Å². The van der Waals surface area contributed by atoms with Crippen LogP contribution >= 0.6 is 0 Å². The molecule has 0 heterocycles. The van der Waals surface area contributed by atoms with Gasteiger partial charge in [0, 0.05) is 12.8 Å². The Balaban J connectivity index is 2.00. The van der Waals surface area contributed by atoms with Gasteiger partial charge in [0.15, 0.2) is 0 Å². The Morgan fingerprint density at radius 3 is 3.00 bits per heavy atom. The molecule has 3 nitrogen and oxygen atoms in total. The summed E-state index contributed by atoms with van der Waals surface area (Å²) in [7, 11) is 1.49. The number of carbonyl (C=O) groups excluding carboxylic acids is 2. The van der Waals surface area contributed by atoms with Gasteiger partial charge in [-0.25, -0.2) is 0 Å². The monoisotopic (exact) mass is 262 g/mol. The minimum atomic E-state index is -0.379. The molecular formula is C16H22O3. The van der Waals surface area contributed by atoms with E-state index in [-0.39, 0.29) is 17.3 Å². The maximum absolute atomic E-state index is 12.5. The van der Waals surface area contributed by atoms with Crippen molar-refractivity contribution in [2.75, 3.05) is 7.11 Å². The van der Waals surface area contributed by atoms with Crippen LogP contribution in [0.25, 0.3) is 0 Å². The molecule has 3 rings (SSSR count). The Bertz CT molecular complexity index is 426. The third kappa shape index (κ3) is 1.86. The molecule has 2 saturated carbocycles.